The average Bonchev–Trinajstić information content (AvgIpc) is 2.30. The van der Waals surface area contributed by atoms with Crippen LogP contribution >= 0.6 is 0 Å². The Morgan fingerprint density at radius 1 is 1.24 bits per heavy atom. The topological polar surface area (TPSA) is 15.3 Å². The Morgan fingerprint density at radius 2 is 2.00 bits per heavy atom. The van der Waals surface area contributed by atoms with Crippen molar-refractivity contribution < 1.29 is 0 Å². The molecule has 2 atom stereocenters. The number of hydrogen-bond acceptors (Lipinski definition) is 2. The van der Waals surface area contributed by atoms with E-state index in [4.69, 9.17) is 0 Å². The van der Waals surface area contributed by atoms with E-state index in [1.54, 1.807) is 0 Å². The van der Waals surface area contributed by atoms with Gasteiger partial charge >= 0.3 is 0 Å². The van der Waals surface area contributed by atoms with Gasteiger partial charge in [0.05, 0.1) is 0 Å². The Hall–Kier alpha value is -0.0800. The van der Waals surface area contributed by atoms with E-state index in [2.05, 4.69) is 37.9 Å². The smallest absolute Gasteiger partial charge is 0.0223 e. The molecule has 2 heteroatoms. The Labute approximate surface area is 108 Å². The van der Waals surface area contributed by atoms with Gasteiger partial charge in [0.15, 0.2) is 0 Å². The molecule has 0 bridgehead atoms. The molecule has 2 nitrogen and oxygen atoms in total. The molecule has 1 heterocycles. The monoisotopic (exact) mass is 240 g/mol. The van der Waals surface area contributed by atoms with Gasteiger partial charge in [0.25, 0.3) is 0 Å². The summed E-state index contributed by atoms with van der Waals surface area (Å²) in [5.41, 5.74) is 0. The molecule has 0 aromatic rings. The third kappa shape index (κ3) is 5.39. The van der Waals surface area contributed by atoms with Crippen molar-refractivity contribution in [2.75, 3.05) is 19.6 Å². The van der Waals surface area contributed by atoms with Crippen molar-refractivity contribution in [2.24, 2.45) is 5.92 Å². The highest BCUT2D eigenvalue weighted by molar-refractivity contribution is 4.85. The van der Waals surface area contributed by atoms with Crippen LogP contribution in [-0.2, 0) is 0 Å². The molecular formula is C15H32N2. The first-order valence-electron chi connectivity index (χ1n) is 7.64. The predicted molar refractivity (Wildman–Crippen MR) is 76.4 cm³/mol. The minimum atomic E-state index is 0.722. The second kappa shape index (κ2) is 8.10. The van der Waals surface area contributed by atoms with Gasteiger partial charge < -0.3 is 5.32 Å². The van der Waals surface area contributed by atoms with Gasteiger partial charge in [0, 0.05) is 25.2 Å². The summed E-state index contributed by atoms with van der Waals surface area (Å²) < 4.78 is 0. The quantitative estimate of drug-likeness (QED) is 0.687. The molecule has 1 fully saturated rings. The van der Waals surface area contributed by atoms with E-state index in [1.807, 2.05) is 0 Å². The molecule has 102 valence electrons. The minimum Gasteiger partial charge on any atom is -0.311 e. The third-order valence-electron chi connectivity index (χ3n) is 3.90. The van der Waals surface area contributed by atoms with Crippen LogP contribution in [0.2, 0.25) is 0 Å². The SMILES string of the molecule is CCCCCN1CC(CC)NCC1CC(C)C. The van der Waals surface area contributed by atoms with Gasteiger partial charge in [-0.15, -0.1) is 0 Å². The number of unbranched alkanes of at least 4 members (excludes halogenated alkanes) is 2. The second-order valence-corrected chi connectivity index (χ2v) is 6.00. The molecule has 17 heavy (non-hydrogen) atoms. The van der Waals surface area contributed by atoms with Crippen LogP contribution in [0.1, 0.15) is 59.8 Å². The molecule has 1 aliphatic rings. The largest absolute Gasteiger partial charge is 0.311 e. The summed E-state index contributed by atoms with van der Waals surface area (Å²) in [6.45, 7) is 13.0. The zero-order chi connectivity index (χ0) is 12.7. The third-order valence-corrected chi connectivity index (χ3v) is 3.90. The van der Waals surface area contributed by atoms with Crippen molar-refractivity contribution in [1.29, 1.82) is 0 Å². The van der Waals surface area contributed by atoms with Gasteiger partial charge in [-0.2, -0.15) is 0 Å². The molecule has 1 N–H and O–H groups in total. The first-order valence-corrected chi connectivity index (χ1v) is 7.64. The van der Waals surface area contributed by atoms with E-state index >= 15 is 0 Å². The number of rotatable bonds is 7. The van der Waals surface area contributed by atoms with E-state index in [1.165, 1.54) is 51.7 Å². The summed E-state index contributed by atoms with van der Waals surface area (Å²) in [5.74, 6) is 0.814. The normalized spacial score (nSPS) is 26.6. The highest BCUT2D eigenvalue weighted by atomic mass is 15.2. The van der Waals surface area contributed by atoms with Crippen molar-refractivity contribution in [3.63, 3.8) is 0 Å². The second-order valence-electron chi connectivity index (χ2n) is 6.00. The van der Waals surface area contributed by atoms with Crippen LogP contribution in [0, 0.1) is 5.92 Å². The lowest BCUT2D eigenvalue weighted by atomic mass is 9.98. The van der Waals surface area contributed by atoms with Gasteiger partial charge in [0.1, 0.15) is 0 Å². The van der Waals surface area contributed by atoms with Gasteiger partial charge in [-0.05, 0) is 31.7 Å². The molecule has 0 amide bonds. The highest BCUT2D eigenvalue weighted by Gasteiger charge is 2.26. The molecular weight excluding hydrogens is 208 g/mol. The van der Waals surface area contributed by atoms with Crippen LogP contribution in [0.4, 0.5) is 0 Å². The fourth-order valence-electron chi connectivity index (χ4n) is 2.82. The Bertz CT molecular complexity index is 191. The average molecular weight is 240 g/mol. The van der Waals surface area contributed by atoms with Gasteiger partial charge in [-0.25, -0.2) is 0 Å². The first-order chi connectivity index (χ1) is 8.17. The van der Waals surface area contributed by atoms with E-state index in [9.17, 15) is 0 Å². The van der Waals surface area contributed by atoms with Crippen LogP contribution < -0.4 is 5.32 Å². The van der Waals surface area contributed by atoms with E-state index in [0.29, 0.717) is 0 Å². The maximum absolute atomic E-state index is 3.70. The molecule has 0 spiro atoms. The van der Waals surface area contributed by atoms with Gasteiger partial charge in [-0.3, -0.25) is 4.90 Å². The van der Waals surface area contributed by atoms with Crippen LogP contribution in [0.25, 0.3) is 0 Å². The predicted octanol–water partition coefficient (Wildman–Crippen LogP) is 3.28. The van der Waals surface area contributed by atoms with Crippen LogP contribution in [0.3, 0.4) is 0 Å². The summed E-state index contributed by atoms with van der Waals surface area (Å²) in [4.78, 5) is 2.75. The lowest BCUT2D eigenvalue weighted by molar-refractivity contribution is 0.110. The fourth-order valence-corrected chi connectivity index (χ4v) is 2.82. The zero-order valence-corrected chi connectivity index (χ0v) is 12.3. The fraction of sp³-hybridized carbons (Fsp3) is 1.00. The maximum atomic E-state index is 3.70. The van der Waals surface area contributed by atoms with Crippen molar-refractivity contribution in [2.45, 2.75) is 71.9 Å². The summed E-state index contributed by atoms with van der Waals surface area (Å²) in [6.07, 6.45) is 6.70. The summed E-state index contributed by atoms with van der Waals surface area (Å²) in [6, 6.07) is 1.50. The molecule has 0 aromatic heterocycles. The highest BCUT2D eigenvalue weighted by Crippen LogP contribution is 2.17. The Morgan fingerprint density at radius 3 is 2.59 bits per heavy atom. The van der Waals surface area contributed by atoms with Crippen molar-refractivity contribution in [3.05, 3.63) is 0 Å². The minimum absolute atomic E-state index is 0.722. The molecule has 1 aliphatic heterocycles. The Kier molecular flexibility index (Phi) is 7.14. The lowest BCUT2D eigenvalue weighted by Crippen LogP contribution is -2.56. The lowest BCUT2D eigenvalue weighted by Gasteiger charge is -2.41. The van der Waals surface area contributed by atoms with Crippen LogP contribution in [-0.4, -0.2) is 36.6 Å². The number of nitrogens with zero attached hydrogens (tertiary/aromatic N) is 1. The summed E-state index contributed by atoms with van der Waals surface area (Å²) in [5, 5.41) is 3.70. The van der Waals surface area contributed by atoms with Crippen molar-refractivity contribution in [3.8, 4) is 0 Å². The summed E-state index contributed by atoms with van der Waals surface area (Å²) >= 11 is 0. The zero-order valence-electron chi connectivity index (χ0n) is 12.3. The van der Waals surface area contributed by atoms with E-state index in [-0.39, 0.29) is 0 Å². The standard InChI is InChI=1S/C15H32N2/c1-5-7-8-9-17-12-14(6-2)16-11-15(17)10-13(3)4/h13-16H,5-12H2,1-4H3. The van der Waals surface area contributed by atoms with E-state index < -0.39 is 0 Å². The van der Waals surface area contributed by atoms with Crippen LogP contribution in [0.5, 0.6) is 0 Å². The molecule has 1 rings (SSSR count). The number of hydrogen-bond donors (Lipinski definition) is 1. The molecule has 0 aliphatic carbocycles. The molecule has 0 radical (unpaired) electrons. The summed E-state index contributed by atoms with van der Waals surface area (Å²) in [7, 11) is 0. The maximum Gasteiger partial charge on any atom is 0.0223 e. The van der Waals surface area contributed by atoms with Gasteiger partial charge in [0.2, 0.25) is 0 Å². The molecule has 2 unspecified atom stereocenters. The van der Waals surface area contributed by atoms with E-state index in [0.717, 1.165) is 18.0 Å². The van der Waals surface area contributed by atoms with Gasteiger partial charge in [-0.1, -0.05) is 40.5 Å². The Balaban J connectivity index is 2.42. The molecule has 0 saturated carbocycles. The van der Waals surface area contributed by atoms with Crippen molar-refractivity contribution >= 4 is 0 Å². The molecule has 1 saturated heterocycles. The number of piperazine rings is 1. The van der Waals surface area contributed by atoms with Crippen molar-refractivity contribution in [1.82, 2.24) is 10.2 Å². The number of nitrogens with one attached hydrogen (secondary N) is 1. The first kappa shape index (κ1) is 15.0. The van der Waals surface area contributed by atoms with Crippen LogP contribution in [0.15, 0.2) is 0 Å². The molecule has 0 aromatic carbocycles.